The molecule has 0 amide bonds. The molecule has 7 heteroatoms. The third-order valence-corrected chi connectivity index (χ3v) is 4.32. The Kier molecular flexibility index (Phi) is 5.13. The van der Waals surface area contributed by atoms with E-state index in [1.807, 2.05) is 24.3 Å². The summed E-state index contributed by atoms with van der Waals surface area (Å²) in [5.74, 6) is 1.63. The van der Waals surface area contributed by atoms with Crippen LogP contribution in [0.4, 0.5) is 0 Å². The van der Waals surface area contributed by atoms with Crippen LogP contribution in [0, 0.1) is 0 Å². The molecule has 138 valence electrons. The van der Waals surface area contributed by atoms with Crippen LogP contribution in [0.2, 0.25) is 0 Å². The van der Waals surface area contributed by atoms with Gasteiger partial charge >= 0.3 is 0 Å². The minimum absolute atomic E-state index is 0.203. The van der Waals surface area contributed by atoms with Gasteiger partial charge in [0, 0.05) is 17.2 Å². The first-order chi connectivity index (χ1) is 12.5. The van der Waals surface area contributed by atoms with Gasteiger partial charge in [0.2, 0.25) is 5.72 Å². The molecular formula is C19H22N2O5. The summed E-state index contributed by atoms with van der Waals surface area (Å²) < 4.78 is 22.0. The SMILES string of the molecule is COc1cccc(C2NNC(C(C)=O)(c3cc(OC)cc(OC)c3)O2)c1. The van der Waals surface area contributed by atoms with Crippen molar-refractivity contribution in [3.8, 4) is 17.2 Å². The lowest BCUT2D eigenvalue weighted by molar-refractivity contribution is -0.145. The molecule has 2 N–H and O–H groups in total. The van der Waals surface area contributed by atoms with Gasteiger partial charge in [-0.3, -0.25) is 4.79 Å². The maximum Gasteiger partial charge on any atom is 0.219 e. The molecule has 0 bridgehead atoms. The number of carbonyl (C=O) groups excluding carboxylic acids is 1. The number of nitrogens with one attached hydrogen (secondary N) is 2. The number of Topliss-reactive ketones (excluding diaryl/α,β-unsaturated/α-hetero) is 1. The number of ketones is 1. The van der Waals surface area contributed by atoms with E-state index in [1.54, 1.807) is 39.5 Å². The van der Waals surface area contributed by atoms with Crippen LogP contribution in [0.15, 0.2) is 42.5 Å². The van der Waals surface area contributed by atoms with Gasteiger partial charge in [-0.25, -0.2) is 10.9 Å². The molecule has 0 radical (unpaired) electrons. The summed E-state index contributed by atoms with van der Waals surface area (Å²) in [5.41, 5.74) is 6.09. The van der Waals surface area contributed by atoms with Crippen LogP contribution in [0.1, 0.15) is 24.3 Å². The molecule has 1 fully saturated rings. The van der Waals surface area contributed by atoms with Gasteiger partial charge < -0.3 is 18.9 Å². The molecule has 26 heavy (non-hydrogen) atoms. The number of hydrogen-bond acceptors (Lipinski definition) is 7. The molecule has 1 saturated heterocycles. The molecule has 1 aliphatic rings. The van der Waals surface area contributed by atoms with Gasteiger partial charge in [-0.15, -0.1) is 0 Å². The molecule has 3 rings (SSSR count). The van der Waals surface area contributed by atoms with Gasteiger partial charge in [-0.1, -0.05) is 12.1 Å². The highest BCUT2D eigenvalue weighted by Crippen LogP contribution is 2.38. The predicted octanol–water partition coefficient (Wildman–Crippen LogP) is 2.28. The van der Waals surface area contributed by atoms with Gasteiger partial charge in [0.25, 0.3) is 0 Å². The Bertz CT molecular complexity index is 788. The summed E-state index contributed by atoms with van der Waals surface area (Å²) in [4.78, 5) is 12.5. The molecule has 2 atom stereocenters. The van der Waals surface area contributed by atoms with Crippen molar-refractivity contribution >= 4 is 5.78 Å². The fourth-order valence-electron chi connectivity index (χ4n) is 2.88. The smallest absolute Gasteiger partial charge is 0.219 e. The minimum Gasteiger partial charge on any atom is -0.497 e. The van der Waals surface area contributed by atoms with Crippen molar-refractivity contribution < 1.29 is 23.7 Å². The van der Waals surface area contributed by atoms with Crippen LogP contribution in [-0.4, -0.2) is 27.1 Å². The molecule has 0 aliphatic carbocycles. The molecule has 2 unspecified atom stereocenters. The molecule has 1 heterocycles. The quantitative estimate of drug-likeness (QED) is 0.820. The number of methoxy groups -OCH3 is 3. The molecule has 0 aromatic heterocycles. The van der Waals surface area contributed by atoms with E-state index in [-0.39, 0.29) is 5.78 Å². The van der Waals surface area contributed by atoms with Crippen molar-refractivity contribution in [2.24, 2.45) is 0 Å². The first-order valence-corrected chi connectivity index (χ1v) is 8.11. The Balaban J connectivity index is 1.99. The van der Waals surface area contributed by atoms with Gasteiger partial charge in [0.15, 0.2) is 5.78 Å². The largest absolute Gasteiger partial charge is 0.497 e. The number of hydrogen-bond donors (Lipinski definition) is 2. The van der Waals surface area contributed by atoms with Crippen LogP contribution < -0.4 is 25.1 Å². The fraction of sp³-hybridized carbons (Fsp3) is 0.316. The number of benzene rings is 2. The normalized spacial score (nSPS) is 22.1. The lowest BCUT2D eigenvalue weighted by atomic mass is 9.98. The Morgan fingerprint density at radius 1 is 1.00 bits per heavy atom. The average molecular weight is 358 g/mol. The van der Waals surface area contributed by atoms with Crippen LogP contribution in [0.3, 0.4) is 0 Å². The van der Waals surface area contributed by atoms with Crippen LogP contribution in [0.5, 0.6) is 17.2 Å². The van der Waals surface area contributed by atoms with E-state index in [2.05, 4.69) is 10.9 Å². The monoisotopic (exact) mass is 358 g/mol. The topological polar surface area (TPSA) is 78.1 Å². The first kappa shape index (κ1) is 18.2. The highest BCUT2D eigenvalue weighted by molar-refractivity contribution is 5.86. The second-order valence-corrected chi connectivity index (χ2v) is 5.88. The van der Waals surface area contributed by atoms with E-state index in [0.29, 0.717) is 22.8 Å². The molecular weight excluding hydrogens is 336 g/mol. The van der Waals surface area contributed by atoms with Crippen molar-refractivity contribution in [1.82, 2.24) is 10.9 Å². The predicted molar refractivity (Wildman–Crippen MR) is 95.0 cm³/mol. The number of ether oxygens (including phenoxy) is 4. The van der Waals surface area contributed by atoms with Crippen molar-refractivity contribution in [3.63, 3.8) is 0 Å². The zero-order chi connectivity index (χ0) is 18.7. The van der Waals surface area contributed by atoms with Gasteiger partial charge in [0.1, 0.15) is 23.5 Å². The summed E-state index contributed by atoms with van der Waals surface area (Å²) in [7, 11) is 4.71. The second kappa shape index (κ2) is 7.33. The molecule has 0 saturated carbocycles. The van der Waals surface area contributed by atoms with Crippen molar-refractivity contribution in [1.29, 1.82) is 0 Å². The molecule has 2 aromatic rings. The number of rotatable bonds is 6. The third kappa shape index (κ3) is 3.24. The van der Waals surface area contributed by atoms with Crippen LogP contribution in [0.25, 0.3) is 0 Å². The molecule has 2 aromatic carbocycles. The zero-order valence-corrected chi connectivity index (χ0v) is 15.2. The lowest BCUT2D eigenvalue weighted by Crippen LogP contribution is -2.47. The maximum atomic E-state index is 12.5. The van der Waals surface area contributed by atoms with Crippen molar-refractivity contribution in [2.45, 2.75) is 18.9 Å². The summed E-state index contributed by atoms with van der Waals surface area (Å²) in [6.45, 7) is 1.47. The molecule has 0 spiro atoms. The summed E-state index contributed by atoms with van der Waals surface area (Å²) in [5, 5.41) is 0. The van der Waals surface area contributed by atoms with E-state index < -0.39 is 12.0 Å². The molecule has 7 nitrogen and oxygen atoms in total. The Morgan fingerprint density at radius 3 is 2.23 bits per heavy atom. The third-order valence-electron chi connectivity index (χ3n) is 4.32. The van der Waals surface area contributed by atoms with E-state index in [1.165, 1.54) is 6.92 Å². The number of hydrazine groups is 1. The number of carbonyl (C=O) groups is 1. The summed E-state index contributed by atoms with van der Waals surface area (Å²) >= 11 is 0. The van der Waals surface area contributed by atoms with Crippen LogP contribution in [-0.2, 0) is 15.3 Å². The van der Waals surface area contributed by atoms with Crippen molar-refractivity contribution in [3.05, 3.63) is 53.6 Å². The van der Waals surface area contributed by atoms with Crippen LogP contribution >= 0.6 is 0 Å². The van der Waals surface area contributed by atoms with Gasteiger partial charge in [-0.05, 0) is 31.2 Å². The highest BCUT2D eigenvalue weighted by atomic mass is 16.6. The Labute approximate surface area is 152 Å². The first-order valence-electron chi connectivity index (χ1n) is 8.11. The summed E-state index contributed by atoms with van der Waals surface area (Å²) in [6, 6.07) is 12.7. The van der Waals surface area contributed by atoms with E-state index in [9.17, 15) is 4.79 Å². The van der Waals surface area contributed by atoms with Crippen molar-refractivity contribution in [2.75, 3.05) is 21.3 Å². The fourth-order valence-corrected chi connectivity index (χ4v) is 2.88. The summed E-state index contributed by atoms with van der Waals surface area (Å²) in [6.07, 6.45) is -0.536. The van der Waals surface area contributed by atoms with Gasteiger partial charge in [0.05, 0.1) is 21.3 Å². The molecule has 1 aliphatic heterocycles. The average Bonchev–Trinajstić information content (AvgIpc) is 3.14. The van der Waals surface area contributed by atoms with Gasteiger partial charge in [-0.2, -0.15) is 0 Å². The second-order valence-electron chi connectivity index (χ2n) is 5.88. The lowest BCUT2D eigenvalue weighted by Gasteiger charge is -2.26. The zero-order valence-electron chi connectivity index (χ0n) is 15.2. The minimum atomic E-state index is -1.37. The Hall–Kier alpha value is -2.61. The van der Waals surface area contributed by atoms with E-state index in [4.69, 9.17) is 18.9 Å². The Morgan fingerprint density at radius 2 is 1.65 bits per heavy atom. The maximum absolute atomic E-state index is 12.5. The van der Waals surface area contributed by atoms with E-state index >= 15 is 0 Å². The van der Waals surface area contributed by atoms with E-state index in [0.717, 1.165) is 5.56 Å². The standard InChI is InChI=1S/C19H22N2O5/c1-12(22)19(14-9-16(24-3)11-17(10-14)25-4)21-20-18(26-19)13-6-5-7-15(8-13)23-2/h5-11,18,20-21H,1-4H3. The highest BCUT2D eigenvalue weighted by Gasteiger charge is 2.47.